The van der Waals surface area contributed by atoms with Gasteiger partial charge in [0, 0.05) is 44.7 Å². The van der Waals surface area contributed by atoms with Crippen molar-refractivity contribution in [3.63, 3.8) is 0 Å². The molecule has 3 rings (SSSR count). The van der Waals surface area contributed by atoms with Crippen LogP contribution in [-0.2, 0) is 16.0 Å². The van der Waals surface area contributed by atoms with E-state index < -0.39 is 0 Å². The first kappa shape index (κ1) is 19.0. The molecular weight excluding hydrogens is 346 g/mol. The second-order valence-corrected chi connectivity index (χ2v) is 6.66. The zero-order valence-corrected chi connectivity index (χ0v) is 15.6. The molecule has 144 valence electrons. The number of hydrogen-bond donors (Lipinski definition) is 1. The SMILES string of the molecule is Cc1noc(CCCC(=O)N2CCN(CC(=O)Nc3ccccc3)CC2)n1. The second-order valence-electron chi connectivity index (χ2n) is 6.66. The third kappa shape index (κ3) is 5.89. The lowest BCUT2D eigenvalue weighted by molar-refractivity contribution is -0.133. The summed E-state index contributed by atoms with van der Waals surface area (Å²) in [6.45, 7) is 4.83. The van der Waals surface area contributed by atoms with Crippen molar-refractivity contribution < 1.29 is 14.1 Å². The van der Waals surface area contributed by atoms with Crippen molar-refractivity contribution in [2.45, 2.75) is 26.2 Å². The molecule has 1 aromatic heterocycles. The van der Waals surface area contributed by atoms with Crippen LogP contribution in [-0.4, -0.2) is 64.5 Å². The Labute approximate surface area is 158 Å². The van der Waals surface area contributed by atoms with Gasteiger partial charge in [0.1, 0.15) is 0 Å². The average Bonchev–Trinajstić information content (AvgIpc) is 3.08. The van der Waals surface area contributed by atoms with Crippen LogP contribution in [0.3, 0.4) is 0 Å². The van der Waals surface area contributed by atoms with Gasteiger partial charge in [0.15, 0.2) is 5.82 Å². The molecular formula is C19H25N5O3. The van der Waals surface area contributed by atoms with Crippen LogP contribution in [0.4, 0.5) is 5.69 Å². The van der Waals surface area contributed by atoms with Gasteiger partial charge in [0.2, 0.25) is 17.7 Å². The molecule has 2 amide bonds. The maximum absolute atomic E-state index is 12.3. The van der Waals surface area contributed by atoms with Crippen LogP contribution in [0.5, 0.6) is 0 Å². The molecule has 0 unspecified atom stereocenters. The summed E-state index contributed by atoms with van der Waals surface area (Å²) in [4.78, 5) is 32.5. The lowest BCUT2D eigenvalue weighted by Crippen LogP contribution is -2.50. The normalized spacial score (nSPS) is 14.9. The third-order valence-electron chi connectivity index (χ3n) is 4.50. The molecule has 0 atom stereocenters. The van der Waals surface area contributed by atoms with Crippen LogP contribution in [0.1, 0.15) is 24.6 Å². The number of hydrogen-bond acceptors (Lipinski definition) is 6. The van der Waals surface area contributed by atoms with E-state index in [2.05, 4.69) is 20.4 Å². The molecule has 1 aliphatic heterocycles. The molecule has 1 fully saturated rings. The van der Waals surface area contributed by atoms with E-state index in [-0.39, 0.29) is 11.8 Å². The fourth-order valence-corrected chi connectivity index (χ4v) is 3.07. The molecule has 0 saturated carbocycles. The van der Waals surface area contributed by atoms with Gasteiger partial charge in [-0.05, 0) is 25.5 Å². The molecule has 1 N–H and O–H groups in total. The summed E-state index contributed by atoms with van der Waals surface area (Å²) < 4.78 is 5.05. The molecule has 2 heterocycles. The number of amides is 2. The number of para-hydroxylation sites is 1. The lowest BCUT2D eigenvalue weighted by Gasteiger charge is -2.34. The lowest BCUT2D eigenvalue weighted by atomic mass is 10.2. The smallest absolute Gasteiger partial charge is 0.238 e. The van der Waals surface area contributed by atoms with Crippen molar-refractivity contribution in [3.05, 3.63) is 42.0 Å². The summed E-state index contributed by atoms with van der Waals surface area (Å²) in [7, 11) is 0. The van der Waals surface area contributed by atoms with Gasteiger partial charge in [-0.3, -0.25) is 14.5 Å². The van der Waals surface area contributed by atoms with Gasteiger partial charge in [-0.2, -0.15) is 4.98 Å². The van der Waals surface area contributed by atoms with Gasteiger partial charge >= 0.3 is 0 Å². The molecule has 27 heavy (non-hydrogen) atoms. The Kier molecular flexibility index (Phi) is 6.54. The minimum absolute atomic E-state index is 0.0316. The summed E-state index contributed by atoms with van der Waals surface area (Å²) in [5.74, 6) is 1.30. The van der Waals surface area contributed by atoms with Crippen LogP contribution in [0.2, 0.25) is 0 Å². The van der Waals surface area contributed by atoms with Gasteiger partial charge in [0.25, 0.3) is 0 Å². The predicted molar refractivity (Wildman–Crippen MR) is 100 cm³/mol. The maximum Gasteiger partial charge on any atom is 0.238 e. The topological polar surface area (TPSA) is 91.6 Å². The predicted octanol–water partition coefficient (Wildman–Crippen LogP) is 1.48. The zero-order chi connectivity index (χ0) is 19.1. The van der Waals surface area contributed by atoms with E-state index in [4.69, 9.17) is 4.52 Å². The highest BCUT2D eigenvalue weighted by Crippen LogP contribution is 2.09. The van der Waals surface area contributed by atoms with Gasteiger partial charge in [-0.15, -0.1) is 0 Å². The van der Waals surface area contributed by atoms with Crippen LogP contribution in [0.25, 0.3) is 0 Å². The highest BCUT2D eigenvalue weighted by Gasteiger charge is 2.22. The van der Waals surface area contributed by atoms with E-state index in [1.807, 2.05) is 35.2 Å². The average molecular weight is 371 g/mol. The Morgan fingerprint density at radius 2 is 1.89 bits per heavy atom. The Hall–Kier alpha value is -2.74. The van der Waals surface area contributed by atoms with Crippen LogP contribution in [0, 0.1) is 6.92 Å². The first-order chi connectivity index (χ1) is 13.1. The summed E-state index contributed by atoms with van der Waals surface area (Å²) in [6, 6.07) is 9.42. The monoisotopic (exact) mass is 371 g/mol. The van der Waals surface area contributed by atoms with Crippen LogP contribution < -0.4 is 5.32 Å². The Balaban J connectivity index is 1.34. The largest absolute Gasteiger partial charge is 0.340 e. The van der Waals surface area contributed by atoms with E-state index in [9.17, 15) is 9.59 Å². The van der Waals surface area contributed by atoms with E-state index in [1.165, 1.54) is 0 Å². The molecule has 2 aromatic rings. The minimum Gasteiger partial charge on any atom is -0.340 e. The number of aryl methyl sites for hydroxylation is 2. The first-order valence-electron chi connectivity index (χ1n) is 9.24. The van der Waals surface area contributed by atoms with Gasteiger partial charge in [-0.1, -0.05) is 23.4 Å². The third-order valence-corrected chi connectivity index (χ3v) is 4.50. The second kappa shape index (κ2) is 9.27. The van der Waals surface area contributed by atoms with E-state index in [1.54, 1.807) is 6.92 Å². The number of carbonyl (C=O) groups excluding carboxylic acids is 2. The number of anilines is 1. The summed E-state index contributed by atoms with van der Waals surface area (Å²) in [5, 5.41) is 6.63. The number of nitrogens with zero attached hydrogens (tertiary/aromatic N) is 4. The van der Waals surface area contributed by atoms with Gasteiger partial charge in [-0.25, -0.2) is 0 Å². The van der Waals surface area contributed by atoms with Gasteiger partial charge < -0.3 is 14.7 Å². The van der Waals surface area contributed by atoms with Crippen molar-refractivity contribution >= 4 is 17.5 Å². The quantitative estimate of drug-likeness (QED) is 0.793. The van der Waals surface area contributed by atoms with Crippen LogP contribution >= 0.6 is 0 Å². The molecule has 8 nitrogen and oxygen atoms in total. The number of aromatic nitrogens is 2. The molecule has 0 bridgehead atoms. The number of carbonyl (C=O) groups is 2. The van der Waals surface area contributed by atoms with Crippen molar-refractivity contribution in [1.29, 1.82) is 0 Å². The van der Waals surface area contributed by atoms with Crippen molar-refractivity contribution in [2.75, 3.05) is 38.0 Å². The standard InChI is InChI=1S/C19H25N5O3/c1-15-20-18(27-22-15)8-5-9-19(26)24-12-10-23(11-13-24)14-17(25)21-16-6-3-2-4-7-16/h2-4,6-7H,5,8-14H2,1H3,(H,21,25). The van der Waals surface area contributed by atoms with Crippen molar-refractivity contribution in [1.82, 2.24) is 19.9 Å². The van der Waals surface area contributed by atoms with Gasteiger partial charge in [0.05, 0.1) is 6.54 Å². The van der Waals surface area contributed by atoms with Crippen molar-refractivity contribution in [3.8, 4) is 0 Å². The van der Waals surface area contributed by atoms with Crippen molar-refractivity contribution in [2.24, 2.45) is 0 Å². The molecule has 1 aliphatic rings. The highest BCUT2D eigenvalue weighted by atomic mass is 16.5. The highest BCUT2D eigenvalue weighted by molar-refractivity contribution is 5.92. The van der Waals surface area contributed by atoms with E-state index in [0.717, 1.165) is 5.69 Å². The number of nitrogens with one attached hydrogen (secondary N) is 1. The molecule has 1 aromatic carbocycles. The Morgan fingerprint density at radius 3 is 2.56 bits per heavy atom. The summed E-state index contributed by atoms with van der Waals surface area (Å²) >= 11 is 0. The summed E-state index contributed by atoms with van der Waals surface area (Å²) in [5.41, 5.74) is 0.799. The van der Waals surface area contributed by atoms with E-state index in [0.29, 0.717) is 63.7 Å². The molecule has 1 saturated heterocycles. The number of benzene rings is 1. The molecule has 0 spiro atoms. The summed E-state index contributed by atoms with van der Waals surface area (Å²) in [6.07, 6.45) is 1.78. The van der Waals surface area contributed by atoms with Crippen LogP contribution in [0.15, 0.2) is 34.9 Å². The molecule has 8 heteroatoms. The fraction of sp³-hybridized carbons (Fsp3) is 0.474. The first-order valence-corrected chi connectivity index (χ1v) is 9.24. The van der Waals surface area contributed by atoms with E-state index >= 15 is 0 Å². The minimum atomic E-state index is -0.0316. The maximum atomic E-state index is 12.3. The Morgan fingerprint density at radius 1 is 1.15 bits per heavy atom. The fourth-order valence-electron chi connectivity index (χ4n) is 3.07. The zero-order valence-electron chi connectivity index (χ0n) is 15.6. The number of piperazine rings is 1. The Bertz CT molecular complexity index is 754. The molecule has 0 aliphatic carbocycles. The number of rotatable bonds is 7. The molecule has 0 radical (unpaired) electrons.